The van der Waals surface area contributed by atoms with Crippen molar-refractivity contribution in [3.63, 3.8) is 0 Å². The number of hydrogen-bond acceptors (Lipinski definition) is 4. The first kappa shape index (κ1) is 22.8. The Morgan fingerprint density at radius 2 is 1.73 bits per heavy atom. The summed E-state index contributed by atoms with van der Waals surface area (Å²) < 4.78 is 0. The van der Waals surface area contributed by atoms with E-state index in [1.165, 1.54) is 0 Å². The van der Waals surface area contributed by atoms with Crippen LogP contribution in [0.1, 0.15) is 86.7 Å². The average molecular weight is 432 g/mol. The van der Waals surface area contributed by atoms with Crippen LogP contribution in [0.4, 0.5) is 5.69 Å². The highest BCUT2D eigenvalue weighted by Gasteiger charge is 2.37. The van der Waals surface area contributed by atoms with Crippen LogP contribution < -0.4 is 4.90 Å². The molecule has 164 valence electrons. The standard InChI is InChI=1S/C24H33NO4S/c1-15(2)4-13-20-14-21(22(30-20)24(28)29)25(18-9-11-19(26)12-10-18)23(27)17-7-5-16(3)6-8-17/h14-19,26H,5-12H2,1-3H3,(H,28,29). The molecule has 0 spiro atoms. The fraction of sp³-hybridized carbons (Fsp3) is 0.667. The maximum Gasteiger partial charge on any atom is 0.348 e. The zero-order valence-corrected chi connectivity index (χ0v) is 19.0. The van der Waals surface area contributed by atoms with Crippen LogP contribution in [0.2, 0.25) is 0 Å². The average Bonchev–Trinajstić information content (AvgIpc) is 3.13. The third-order valence-corrected chi connectivity index (χ3v) is 7.31. The summed E-state index contributed by atoms with van der Waals surface area (Å²) in [5, 5.41) is 19.8. The number of aliphatic hydroxyl groups is 1. The van der Waals surface area contributed by atoms with Crippen molar-refractivity contribution in [2.24, 2.45) is 17.8 Å². The Balaban J connectivity index is 1.98. The van der Waals surface area contributed by atoms with Crippen molar-refractivity contribution in [3.8, 4) is 11.8 Å². The van der Waals surface area contributed by atoms with E-state index in [1.807, 2.05) is 13.8 Å². The SMILES string of the molecule is CC(C)C#Cc1cc(N(C(=O)C2CCC(C)CC2)C2CCC(O)CC2)c(C(=O)O)s1. The number of aliphatic hydroxyl groups excluding tert-OH is 1. The van der Waals surface area contributed by atoms with Gasteiger partial charge in [0.05, 0.1) is 16.7 Å². The normalized spacial score (nSPS) is 26.7. The molecule has 2 aliphatic carbocycles. The number of carbonyl (C=O) groups is 2. The van der Waals surface area contributed by atoms with Gasteiger partial charge in [0.1, 0.15) is 4.88 Å². The van der Waals surface area contributed by atoms with Crippen molar-refractivity contribution in [2.45, 2.75) is 84.3 Å². The van der Waals surface area contributed by atoms with Gasteiger partial charge < -0.3 is 15.1 Å². The zero-order valence-electron chi connectivity index (χ0n) is 18.2. The van der Waals surface area contributed by atoms with Crippen LogP contribution in [0.25, 0.3) is 0 Å². The van der Waals surface area contributed by atoms with Crippen molar-refractivity contribution < 1.29 is 19.8 Å². The number of anilines is 1. The number of aromatic carboxylic acids is 1. The van der Waals surface area contributed by atoms with Crippen molar-refractivity contribution in [1.29, 1.82) is 0 Å². The van der Waals surface area contributed by atoms with Crippen molar-refractivity contribution >= 4 is 28.9 Å². The van der Waals surface area contributed by atoms with E-state index < -0.39 is 5.97 Å². The summed E-state index contributed by atoms with van der Waals surface area (Å²) in [5.41, 5.74) is 0.491. The molecule has 30 heavy (non-hydrogen) atoms. The highest BCUT2D eigenvalue weighted by atomic mass is 32.1. The molecule has 1 aromatic heterocycles. The maximum atomic E-state index is 13.7. The van der Waals surface area contributed by atoms with Crippen molar-refractivity contribution in [1.82, 2.24) is 0 Å². The molecule has 2 saturated carbocycles. The van der Waals surface area contributed by atoms with Crippen LogP contribution in [0.3, 0.4) is 0 Å². The van der Waals surface area contributed by atoms with Crippen LogP contribution >= 0.6 is 11.3 Å². The van der Waals surface area contributed by atoms with Crippen LogP contribution in [0, 0.1) is 29.6 Å². The summed E-state index contributed by atoms with van der Waals surface area (Å²) in [4.78, 5) is 28.4. The summed E-state index contributed by atoms with van der Waals surface area (Å²) >= 11 is 1.15. The van der Waals surface area contributed by atoms with Gasteiger partial charge in [-0.15, -0.1) is 11.3 Å². The number of carboxylic acids is 1. The summed E-state index contributed by atoms with van der Waals surface area (Å²) in [7, 11) is 0. The second-order valence-corrected chi connectivity index (χ2v) is 10.2. The summed E-state index contributed by atoms with van der Waals surface area (Å²) in [5.74, 6) is 5.97. The van der Waals surface area contributed by atoms with Gasteiger partial charge in [-0.2, -0.15) is 0 Å². The van der Waals surface area contributed by atoms with E-state index in [-0.39, 0.29) is 34.8 Å². The molecule has 0 atom stereocenters. The lowest BCUT2D eigenvalue weighted by molar-refractivity contribution is -0.124. The lowest BCUT2D eigenvalue weighted by atomic mass is 9.81. The molecule has 5 nitrogen and oxygen atoms in total. The number of rotatable bonds is 4. The zero-order chi connectivity index (χ0) is 21.8. The number of carboxylic acid groups (broad SMARTS) is 1. The first-order valence-corrected chi connectivity index (χ1v) is 12.0. The number of carbonyl (C=O) groups excluding carboxylic acids is 1. The van der Waals surface area contributed by atoms with Crippen LogP contribution in [0.15, 0.2) is 6.07 Å². The fourth-order valence-corrected chi connectivity index (χ4v) is 5.36. The molecule has 6 heteroatoms. The molecule has 0 aromatic carbocycles. The van der Waals surface area contributed by atoms with Crippen LogP contribution in [-0.2, 0) is 4.79 Å². The number of nitrogens with zero attached hydrogens (tertiary/aromatic N) is 1. The van der Waals surface area contributed by atoms with E-state index in [0.29, 0.717) is 42.2 Å². The van der Waals surface area contributed by atoms with Gasteiger partial charge in [-0.3, -0.25) is 4.79 Å². The second kappa shape index (κ2) is 9.98. The molecule has 2 N–H and O–H groups in total. The van der Waals surface area contributed by atoms with Gasteiger partial charge in [0, 0.05) is 17.9 Å². The summed E-state index contributed by atoms with van der Waals surface area (Å²) in [6.45, 7) is 6.21. The van der Waals surface area contributed by atoms with Gasteiger partial charge >= 0.3 is 5.97 Å². The smallest absolute Gasteiger partial charge is 0.348 e. The second-order valence-electron chi connectivity index (χ2n) is 9.18. The molecule has 3 rings (SSSR count). The Hall–Kier alpha value is -1.84. The molecule has 2 fully saturated rings. The molecule has 1 heterocycles. The predicted octanol–water partition coefficient (Wildman–Crippen LogP) is 4.92. The lowest BCUT2D eigenvalue weighted by Crippen LogP contribution is -2.47. The fourth-order valence-electron chi connectivity index (χ4n) is 4.51. The lowest BCUT2D eigenvalue weighted by Gasteiger charge is -2.38. The van der Waals surface area contributed by atoms with Crippen molar-refractivity contribution in [2.75, 3.05) is 4.90 Å². The van der Waals surface area contributed by atoms with Gasteiger partial charge in [0.15, 0.2) is 0 Å². The monoisotopic (exact) mass is 431 g/mol. The van der Waals surface area contributed by atoms with Gasteiger partial charge in [0.2, 0.25) is 5.91 Å². The molecule has 1 aromatic rings. The van der Waals surface area contributed by atoms with E-state index in [4.69, 9.17) is 0 Å². The Bertz CT molecular complexity index is 818. The summed E-state index contributed by atoms with van der Waals surface area (Å²) in [6.07, 6.45) is 6.13. The summed E-state index contributed by atoms with van der Waals surface area (Å²) in [6, 6.07) is 1.72. The number of hydrogen-bond donors (Lipinski definition) is 2. The number of thiophene rings is 1. The quantitative estimate of drug-likeness (QED) is 0.664. The molecular formula is C24H33NO4S. The first-order chi connectivity index (χ1) is 14.3. The largest absolute Gasteiger partial charge is 0.477 e. The highest BCUT2D eigenvalue weighted by Crippen LogP contribution is 2.38. The predicted molar refractivity (Wildman–Crippen MR) is 120 cm³/mol. The topological polar surface area (TPSA) is 77.8 Å². The van der Waals surface area contributed by atoms with Crippen LogP contribution in [0.5, 0.6) is 0 Å². The van der Waals surface area contributed by atoms with Gasteiger partial charge in [-0.05, 0) is 63.4 Å². The van der Waals surface area contributed by atoms with E-state index in [0.717, 1.165) is 37.0 Å². The molecule has 0 unspecified atom stereocenters. The molecule has 1 amide bonds. The molecule has 0 saturated heterocycles. The van der Waals surface area contributed by atoms with Crippen LogP contribution in [-0.4, -0.2) is 34.2 Å². The minimum atomic E-state index is -1.02. The Labute approximate surface area is 183 Å². The molecule has 0 radical (unpaired) electrons. The van der Waals surface area contributed by atoms with Crippen molar-refractivity contribution in [3.05, 3.63) is 15.8 Å². The minimum Gasteiger partial charge on any atom is -0.477 e. The van der Waals surface area contributed by atoms with E-state index >= 15 is 0 Å². The van der Waals surface area contributed by atoms with Gasteiger partial charge in [-0.1, -0.05) is 32.6 Å². The maximum absolute atomic E-state index is 13.7. The molecule has 2 aliphatic rings. The van der Waals surface area contributed by atoms with E-state index in [2.05, 4.69) is 18.8 Å². The minimum absolute atomic E-state index is 0.0481. The van der Waals surface area contributed by atoms with Gasteiger partial charge in [0.25, 0.3) is 0 Å². The van der Waals surface area contributed by atoms with E-state index in [9.17, 15) is 19.8 Å². The van der Waals surface area contributed by atoms with Gasteiger partial charge in [-0.25, -0.2) is 4.79 Å². The third-order valence-electron chi connectivity index (χ3n) is 6.28. The molecular weight excluding hydrogens is 398 g/mol. The highest BCUT2D eigenvalue weighted by molar-refractivity contribution is 7.15. The molecule has 0 aliphatic heterocycles. The Kier molecular flexibility index (Phi) is 7.60. The number of amides is 1. The van der Waals surface area contributed by atoms with E-state index in [1.54, 1.807) is 11.0 Å². The third kappa shape index (κ3) is 5.44. The Morgan fingerprint density at radius 1 is 1.10 bits per heavy atom. The first-order valence-electron chi connectivity index (χ1n) is 11.2. The Morgan fingerprint density at radius 3 is 2.30 bits per heavy atom. The molecule has 0 bridgehead atoms.